The minimum absolute atomic E-state index is 0.0875. The van der Waals surface area contributed by atoms with Crippen molar-refractivity contribution in [2.75, 3.05) is 11.9 Å². The molecule has 2 aromatic rings. The zero-order valence-electron chi connectivity index (χ0n) is 13.4. The van der Waals surface area contributed by atoms with E-state index in [1.54, 1.807) is 11.9 Å². The second-order valence-electron chi connectivity index (χ2n) is 6.58. The molecule has 2 aromatic carbocycles. The molecule has 3 rings (SSSR count). The molecule has 3 nitrogen and oxygen atoms in total. The molecular weight excluding hydrogens is 274 g/mol. The molecule has 0 fully saturated rings. The number of rotatable bonds is 2. The molecule has 114 valence electrons. The molecule has 0 radical (unpaired) electrons. The predicted molar refractivity (Wildman–Crippen MR) is 88.1 cm³/mol. The molecule has 1 heterocycles. The maximum Gasteiger partial charge on any atom is 0.236 e. The van der Waals surface area contributed by atoms with E-state index in [-0.39, 0.29) is 5.91 Å². The lowest BCUT2D eigenvalue weighted by atomic mass is 9.84. The van der Waals surface area contributed by atoms with Gasteiger partial charge in [0.25, 0.3) is 0 Å². The highest BCUT2D eigenvalue weighted by Crippen LogP contribution is 2.42. The van der Waals surface area contributed by atoms with Gasteiger partial charge in [-0.05, 0) is 49.6 Å². The highest BCUT2D eigenvalue weighted by Gasteiger charge is 2.42. The van der Waals surface area contributed by atoms with Gasteiger partial charge >= 0.3 is 0 Å². The van der Waals surface area contributed by atoms with Crippen LogP contribution in [0.15, 0.2) is 42.5 Å². The minimum atomic E-state index is -0.678. The van der Waals surface area contributed by atoms with Crippen LogP contribution in [0.1, 0.15) is 42.2 Å². The average molecular weight is 295 g/mol. The molecule has 1 unspecified atom stereocenters. The van der Waals surface area contributed by atoms with Crippen LogP contribution in [0.5, 0.6) is 0 Å². The number of hydrogen-bond acceptors (Lipinski definition) is 2. The second-order valence-corrected chi connectivity index (χ2v) is 6.58. The van der Waals surface area contributed by atoms with E-state index in [1.165, 1.54) is 5.56 Å². The SMILES string of the molecule is Cc1ccc(C(O)c2ccc3c(c2)C(C)(C)C(=O)N3C)cc1. The molecule has 0 aromatic heterocycles. The smallest absolute Gasteiger partial charge is 0.236 e. The van der Waals surface area contributed by atoms with E-state index in [2.05, 4.69) is 0 Å². The fourth-order valence-corrected chi connectivity index (χ4v) is 3.10. The summed E-state index contributed by atoms with van der Waals surface area (Å²) >= 11 is 0. The fourth-order valence-electron chi connectivity index (χ4n) is 3.10. The van der Waals surface area contributed by atoms with Crippen LogP contribution in [-0.4, -0.2) is 18.1 Å². The van der Waals surface area contributed by atoms with Gasteiger partial charge < -0.3 is 10.0 Å². The summed E-state index contributed by atoms with van der Waals surface area (Å²) in [5, 5.41) is 10.6. The Morgan fingerprint density at radius 1 is 1.05 bits per heavy atom. The van der Waals surface area contributed by atoms with Gasteiger partial charge in [0.05, 0.1) is 5.41 Å². The van der Waals surface area contributed by atoms with Gasteiger partial charge in [-0.2, -0.15) is 0 Å². The first-order valence-corrected chi connectivity index (χ1v) is 7.49. The van der Waals surface area contributed by atoms with Crippen LogP contribution < -0.4 is 4.90 Å². The van der Waals surface area contributed by atoms with E-state index in [4.69, 9.17) is 0 Å². The van der Waals surface area contributed by atoms with Gasteiger partial charge in [0, 0.05) is 12.7 Å². The van der Waals surface area contributed by atoms with Crippen LogP contribution in [0.25, 0.3) is 0 Å². The van der Waals surface area contributed by atoms with Crippen molar-refractivity contribution in [3.05, 3.63) is 64.7 Å². The summed E-state index contributed by atoms with van der Waals surface area (Å²) in [5.41, 5.74) is 4.20. The van der Waals surface area contributed by atoms with E-state index in [9.17, 15) is 9.90 Å². The molecule has 1 N–H and O–H groups in total. The molecule has 0 saturated carbocycles. The summed E-state index contributed by atoms with van der Waals surface area (Å²) in [6.45, 7) is 5.88. The number of anilines is 1. The summed E-state index contributed by atoms with van der Waals surface area (Å²) in [7, 11) is 1.80. The van der Waals surface area contributed by atoms with Crippen molar-refractivity contribution in [3.8, 4) is 0 Å². The van der Waals surface area contributed by atoms with E-state index < -0.39 is 11.5 Å². The lowest BCUT2D eigenvalue weighted by Gasteiger charge is -2.18. The van der Waals surface area contributed by atoms with Crippen molar-refractivity contribution >= 4 is 11.6 Å². The van der Waals surface area contributed by atoms with Gasteiger partial charge in [-0.3, -0.25) is 4.79 Å². The number of carbonyl (C=O) groups is 1. The Kier molecular flexibility index (Phi) is 3.33. The molecule has 1 atom stereocenters. The van der Waals surface area contributed by atoms with E-state index in [0.29, 0.717) is 0 Å². The van der Waals surface area contributed by atoms with Gasteiger partial charge in [0.15, 0.2) is 0 Å². The monoisotopic (exact) mass is 295 g/mol. The van der Waals surface area contributed by atoms with Gasteiger partial charge in [0.2, 0.25) is 5.91 Å². The van der Waals surface area contributed by atoms with E-state index >= 15 is 0 Å². The summed E-state index contributed by atoms with van der Waals surface area (Å²) in [5.74, 6) is 0.0875. The van der Waals surface area contributed by atoms with Crippen LogP contribution in [0, 0.1) is 6.92 Å². The first-order chi connectivity index (χ1) is 10.3. The molecule has 0 bridgehead atoms. The minimum Gasteiger partial charge on any atom is -0.384 e. The number of carbonyl (C=O) groups excluding carboxylic acids is 1. The van der Waals surface area contributed by atoms with Crippen LogP contribution in [0.3, 0.4) is 0 Å². The third kappa shape index (κ3) is 2.13. The summed E-state index contributed by atoms with van der Waals surface area (Å²) < 4.78 is 0. The number of hydrogen-bond donors (Lipinski definition) is 1. The zero-order valence-corrected chi connectivity index (χ0v) is 13.4. The number of aliphatic hydroxyl groups is 1. The fraction of sp³-hybridized carbons (Fsp3) is 0.316. The molecular formula is C19H21NO2. The molecule has 22 heavy (non-hydrogen) atoms. The topological polar surface area (TPSA) is 40.5 Å². The maximum atomic E-state index is 12.3. The Labute approximate surface area is 131 Å². The molecule has 1 amide bonds. The summed E-state index contributed by atoms with van der Waals surface area (Å²) in [4.78, 5) is 14.0. The van der Waals surface area contributed by atoms with Gasteiger partial charge in [-0.15, -0.1) is 0 Å². The number of nitrogens with zero attached hydrogens (tertiary/aromatic N) is 1. The number of benzene rings is 2. The first kappa shape index (κ1) is 14.8. The Bertz CT molecular complexity index is 732. The van der Waals surface area contributed by atoms with Crippen LogP contribution in [0.4, 0.5) is 5.69 Å². The van der Waals surface area contributed by atoms with Crippen LogP contribution >= 0.6 is 0 Å². The first-order valence-electron chi connectivity index (χ1n) is 7.49. The van der Waals surface area contributed by atoms with Crippen LogP contribution in [-0.2, 0) is 10.2 Å². The van der Waals surface area contributed by atoms with E-state index in [1.807, 2.05) is 63.2 Å². The zero-order chi connectivity index (χ0) is 16.1. The van der Waals surface area contributed by atoms with Gasteiger partial charge in [-0.1, -0.05) is 35.9 Å². The maximum absolute atomic E-state index is 12.3. The predicted octanol–water partition coefficient (Wildman–Crippen LogP) is 3.33. The lowest BCUT2D eigenvalue weighted by Crippen LogP contribution is -2.33. The lowest BCUT2D eigenvalue weighted by molar-refractivity contribution is -0.121. The Balaban J connectivity index is 2.03. The second kappa shape index (κ2) is 4.96. The summed E-state index contributed by atoms with van der Waals surface area (Å²) in [6, 6.07) is 13.6. The van der Waals surface area contributed by atoms with Gasteiger partial charge in [0.1, 0.15) is 6.10 Å². The number of fused-ring (bicyclic) bond motifs is 1. The normalized spacial score (nSPS) is 17.5. The van der Waals surface area contributed by atoms with Crippen molar-refractivity contribution in [1.82, 2.24) is 0 Å². The number of aryl methyl sites for hydroxylation is 1. The third-order valence-electron chi connectivity index (χ3n) is 4.60. The number of amides is 1. The van der Waals surface area contributed by atoms with Crippen molar-refractivity contribution < 1.29 is 9.90 Å². The number of aliphatic hydroxyl groups excluding tert-OH is 1. The molecule has 0 aliphatic carbocycles. The molecule has 3 heteroatoms. The highest BCUT2D eigenvalue weighted by atomic mass is 16.3. The Hall–Kier alpha value is -2.13. The summed E-state index contributed by atoms with van der Waals surface area (Å²) in [6.07, 6.45) is -0.678. The van der Waals surface area contributed by atoms with Crippen molar-refractivity contribution in [2.45, 2.75) is 32.3 Å². The van der Waals surface area contributed by atoms with E-state index in [0.717, 1.165) is 22.4 Å². The molecule has 1 aliphatic heterocycles. The standard InChI is InChI=1S/C19H21NO2/c1-12-5-7-13(8-6-12)17(21)14-9-10-16-15(11-14)19(2,3)18(22)20(16)4/h5-11,17,21H,1-4H3. The average Bonchev–Trinajstić information content (AvgIpc) is 2.68. The molecule has 0 saturated heterocycles. The quantitative estimate of drug-likeness (QED) is 0.923. The number of likely N-dealkylation sites (N-methyl/N-ethyl adjacent to an activating group) is 1. The molecule has 1 aliphatic rings. The van der Waals surface area contributed by atoms with Crippen molar-refractivity contribution in [3.63, 3.8) is 0 Å². The van der Waals surface area contributed by atoms with Crippen molar-refractivity contribution in [2.24, 2.45) is 0 Å². The van der Waals surface area contributed by atoms with Gasteiger partial charge in [-0.25, -0.2) is 0 Å². The third-order valence-corrected chi connectivity index (χ3v) is 4.60. The van der Waals surface area contributed by atoms with Crippen LogP contribution in [0.2, 0.25) is 0 Å². The Morgan fingerprint density at radius 3 is 2.27 bits per heavy atom. The highest BCUT2D eigenvalue weighted by molar-refractivity contribution is 6.07. The van der Waals surface area contributed by atoms with Crippen molar-refractivity contribution in [1.29, 1.82) is 0 Å². The largest absolute Gasteiger partial charge is 0.384 e. The molecule has 0 spiro atoms. The Morgan fingerprint density at radius 2 is 1.64 bits per heavy atom.